The van der Waals surface area contributed by atoms with Crippen LogP contribution in [0.15, 0.2) is 28.2 Å². The molecule has 2 rings (SSSR count). The van der Waals surface area contributed by atoms with Crippen molar-refractivity contribution in [3.8, 4) is 0 Å². The molecule has 7 nitrogen and oxygen atoms in total. The van der Waals surface area contributed by atoms with E-state index < -0.39 is 11.7 Å². The van der Waals surface area contributed by atoms with Gasteiger partial charge in [-0.15, -0.1) is 0 Å². The minimum atomic E-state index is -0.729. The van der Waals surface area contributed by atoms with Crippen molar-refractivity contribution < 1.29 is 14.1 Å². The summed E-state index contributed by atoms with van der Waals surface area (Å²) in [6.45, 7) is -0.223. The topological polar surface area (TPSA) is 106 Å². The predicted octanol–water partition coefficient (Wildman–Crippen LogP) is 2.05. The average Bonchev–Trinajstić information content (AvgIpc) is 2.60. The summed E-state index contributed by atoms with van der Waals surface area (Å²) in [6, 6.07) is 4.53. The van der Waals surface area contributed by atoms with E-state index in [2.05, 4.69) is 10.0 Å². The number of fused-ring (bicyclic) bond motifs is 1. The average molecular weight is 250 g/mol. The maximum Gasteiger partial charge on any atom is 0.299 e. The number of hydrogen-bond acceptors (Lipinski definition) is 5. The Bertz CT molecular complexity index is 553. The van der Waals surface area contributed by atoms with Gasteiger partial charge in [0.2, 0.25) is 0 Å². The molecule has 0 spiro atoms. The Balaban J connectivity index is 2.46. The van der Waals surface area contributed by atoms with Crippen LogP contribution in [0.5, 0.6) is 0 Å². The Kier molecular flexibility index (Phi) is 3.01. The van der Waals surface area contributed by atoms with Gasteiger partial charge in [0.15, 0.2) is 0 Å². The molecule has 0 aliphatic carbocycles. The van der Waals surface area contributed by atoms with Crippen molar-refractivity contribution >= 4 is 29.4 Å². The molecule has 0 fully saturated rings. The summed E-state index contributed by atoms with van der Waals surface area (Å²) in [6.07, 6.45) is 0. The molecular formula is C9H6N4O3S. The molecule has 1 amide bonds. The van der Waals surface area contributed by atoms with E-state index in [4.69, 9.17) is 10.1 Å². The molecule has 0 bridgehead atoms. The molecule has 1 aromatic rings. The zero-order chi connectivity index (χ0) is 12.4. The van der Waals surface area contributed by atoms with Crippen LogP contribution in [0.3, 0.4) is 0 Å². The minimum Gasteiger partial charge on any atom is -0.325 e. The van der Waals surface area contributed by atoms with Crippen LogP contribution in [0.1, 0.15) is 10.4 Å². The normalized spacial score (nSPS) is 13.6. The van der Waals surface area contributed by atoms with E-state index in [-0.39, 0.29) is 12.2 Å². The first kappa shape index (κ1) is 11.5. The highest BCUT2D eigenvalue weighted by molar-refractivity contribution is 7.93. The van der Waals surface area contributed by atoms with Crippen molar-refractivity contribution in [2.24, 2.45) is 5.11 Å². The number of anilines is 1. The van der Waals surface area contributed by atoms with Crippen LogP contribution in [-0.2, 0) is 4.79 Å². The number of amides is 1. The zero-order valence-electron chi connectivity index (χ0n) is 8.40. The lowest BCUT2D eigenvalue weighted by Crippen LogP contribution is -2.29. The standard InChI is InChI=1S/C9H6N4O3S/c10-12-11-4-13-7-2-1-5(17-16)3-6(7)8(14)9(13)15/h1-3,16H,4H2. The number of benzene rings is 1. The smallest absolute Gasteiger partial charge is 0.299 e. The Hall–Kier alpha value is -2.02. The molecular weight excluding hydrogens is 244 g/mol. The Morgan fingerprint density at radius 2 is 2.24 bits per heavy atom. The first-order chi connectivity index (χ1) is 8.19. The van der Waals surface area contributed by atoms with Crippen molar-refractivity contribution in [3.63, 3.8) is 0 Å². The number of rotatable bonds is 3. The van der Waals surface area contributed by atoms with Crippen LogP contribution in [0.25, 0.3) is 10.4 Å². The van der Waals surface area contributed by atoms with Crippen molar-refractivity contribution in [1.29, 1.82) is 0 Å². The van der Waals surface area contributed by atoms with Crippen LogP contribution in [-0.4, -0.2) is 22.9 Å². The molecule has 1 aromatic carbocycles. The predicted molar refractivity (Wildman–Crippen MR) is 60.8 cm³/mol. The Morgan fingerprint density at radius 3 is 2.88 bits per heavy atom. The summed E-state index contributed by atoms with van der Waals surface area (Å²) in [7, 11) is 0. The number of carbonyl (C=O) groups excluding carboxylic acids is 2. The molecule has 1 heterocycles. The third-order valence-corrected chi connectivity index (χ3v) is 2.78. The monoisotopic (exact) mass is 250 g/mol. The fourth-order valence-electron chi connectivity index (χ4n) is 1.57. The van der Waals surface area contributed by atoms with E-state index in [0.29, 0.717) is 22.6 Å². The molecule has 0 saturated heterocycles. The summed E-state index contributed by atoms with van der Waals surface area (Å²) in [5.74, 6) is -1.39. The van der Waals surface area contributed by atoms with Gasteiger partial charge >= 0.3 is 0 Å². The van der Waals surface area contributed by atoms with E-state index in [1.165, 1.54) is 12.1 Å². The number of ketones is 1. The molecule has 0 saturated carbocycles. The van der Waals surface area contributed by atoms with Gasteiger partial charge in [-0.3, -0.25) is 14.5 Å². The van der Waals surface area contributed by atoms with E-state index in [1.54, 1.807) is 6.07 Å². The third kappa shape index (κ3) is 1.84. The van der Waals surface area contributed by atoms with Crippen LogP contribution < -0.4 is 4.90 Å². The van der Waals surface area contributed by atoms with Gasteiger partial charge in [-0.25, -0.2) is 0 Å². The number of carbonyl (C=O) groups is 2. The molecule has 1 aliphatic heterocycles. The Morgan fingerprint density at radius 1 is 1.47 bits per heavy atom. The van der Waals surface area contributed by atoms with Gasteiger partial charge in [-0.1, -0.05) is 5.11 Å². The molecule has 0 radical (unpaired) electrons. The lowest BCUT2D eigenvalue weighted by molar-refractivity contribution is -0.114. The molecule has 0 aromatic heterocycles. The fourth-order valence-corrected chi connectivity index (χ4v) is 1.87. The van der Waals surface area contributed by atoms with Gasteiger partial charge in [0, 0.05) is 21.8 Å². The minimum absolute atomic E-state index is 0.210. The molecule has 86 valence electrons. The van der Waals surface area contributed by atoms with Gasteiger partial charge in [-0.2, -0.15) is 0 Å². The molecule has 0 atom stereocenters. The zero-order valence-corrected chi connectivity index (χ0v) is 9.22. The second-order valence-electron chi connectivity index (χ2n) is 3.20. The lowest BCUT2D eigenvalue weighted by atomic mass is 10.1. The summed E-state index contributed by atoms with van der Waals surface area (Å²) in [4.78, 5) is 27.3. The van der Waals surface area contributed by atoms with E-state index in [0.717, 1.165) is 4.90 Å². The van der Waals surface area contributed by atoms with Crippen LogP contribution in [0.4, 0.5) is 5.69 Å². The fraction of sp³-hybridized carbons (Fsp3) is 0.111. The number of azide groups is 1. The largest absolute Gasteiger partial charge is 0.325 e. The van der Waals surface area contributed by atoms with Gasteiger partial charge in [0.1, 0.15) is 6.67 Å². The molecule has 1 aliphatic rings. The van der Waals surface area contributed by atoms with Gasteiger partial charge < -0.3 is 4.55 Å². The van der Waals surface area contributed by atoms with Crippen molar-refractivity contribution in [1.82, 2.24) is 0 Å². The second kappa shape index (κ2) is 4.46. The highest BCUT2D eigenvalue weighted by atomic mass is 32.2. The highest BCUT2D eigenvalue weighted by Crippen LogP contribution is 2.31. The lowest BCUT2D eigenvalue weighted by Gasteiger charge is -2.12. The number of hydrogen-bond donors (Lipinski definition) is 1. The van der Waals surface area contributed by atoms with E-state index in [1.807, 2.05) is 0 Å². The SMILES string of the molecule is [N-]=[N+]=NCN1C(=O)C(=O)c2cc(SO)ccc21. The summed E-state index contributed by atoms with van der Waals surface area (Å²) in [5.41, 5.74) is 8.81. The van der Waals surface area contributed by atoms with E-state index >= 15 is 0 Å². The molecule has 0 unspecified atom stereocenters. The quantitative estimate of drug-likeness (QED) is 0.291. The third-order valence-electron chi connectivity index (χ3n) is 2.32. The second-order valence-corrected chi connectivity index (χ2v) is 3.86. The maximum absolute atomic E-state index is 11.6. The van der Waals surface area contributed by atoms with Crippen LogP contribution >= 0.6 is 12.0 Å². The first-order valence-corrected chi connectivity index (χ1v) is 5.29. The summed E-state index contributed by atoms with van der Waals surface area (Å²) >= 11 is 0.493. The van der Waals surface area contributed by atoms with Crippen LogP contribution in [0.2, 0.25) is 0 Å². The summed E-state index contributed by atoms with van der Waals surface area (Å²) < 4.78 is 8.87. The van der Waals surface area contributed by atoms with Crippen molar-refractivity contribution in [3.05, 3.63) is 34.2 Å². The van der Waals surface area contributed by atoms with Gasteiger partial charge in [0.25, 0.3) is 11.7 Å². The number of Topliss-reactive ketones (excluding diaryl/α,β-unsaturated/α-hetero) is 1. The highest BCUT2D eigenvalue weighted by Gasteiger charge is 2.35. The Labute approximate surface area is 99.9 Å². The van der Waals surface area contributed by atoms with Crippen molar-refractivity contribution in [2.75, 3.05) is 11.6 Å². The first-order valence-electron chi connectivity index (χ1n) is 4.51. The molecule has 8 heteroatoms. The van der Waals surface area contributed by atoms with Crippen LogP contribution in [0, 0.1) is 0 Å². The van der Waals surface area contributed by atoms with E-state index in [9.17, 15) is 9.59 Å². The molecule has 17 heavy (non-hydrogen) atoms. The van der Waals surface area contributed by atoms with Gasteiger partial charge in [-0.05, 0) is 23.7 Å². The van der Waals surface area contributed by atoms with Gasteiger partial charge in [0.05, 0.1) is 11.3 Å². The summed E-state index contributed by atoms with van der Waals surface area (Å²) in [5, 5.41) is 3.26. The molecule has 1 N–H and O–H groups in total. The van der Waals surface area contributed by atoms with Crippen molar-refractivity contribution in [2.45, 2.75) is 4.90 Å². The number of nitrogens with zero attached hydrogens (tertiary/aromatic N) is 4. The maximum atomic E-state index is 11.6.